The van der Waals surface area contributed by atoms with Crippen LogP contribution in [0.1, 0.15) is 39.5 Å². The number of nitriles is 1. The van der Waals surface area contributed by atoms with Gasteiger partial charge in [0.05, 0.1) is 24.7 Å². The zero-order valence-corrected chi connectivity index (χ0v) is 10.5. The van der Waals surface area contributed by atoms with Gasteiger partial charge in [-0.3, -0.25) is 0 Å². The number of ether oxygens (including phenoxy) is 1. The molecule has 0 spiro atoms. The molecule has 4 atom stereocenters. The van der Waals surface area contributed by atoms with Crippen molar-refractivity contribution in [3.8, 4) is 6.07 Å². The molecule has 0 bridgehead atoms. The van der Waals surface area contributed by atoms with Crippen molar-refractivity contribution in [1.82, 2.24) is 0 Å². The molecule has 1 saturated heterocycles. The second-order valence-electron chi connectivity index (χ2n) is 4.96. The lowest BCUT2D eigenvalue weighted by atomic mass is 9.78. The predicted molar refractivity (Wildman–Crippen MR) is 64.7 cm³/mol. The van der Waals surface area contributed by atoms with Crippen LogP contribution in [0.4, 0.5) is 0 Å². The van der Waals surface area contributed by atoms with E-state index in [9.17, 15) is 0 Å². The first kappa shape index (κ1) is 13.5. The Morgan fingerprint density at radius 1 is 1.25 bits per heavy atom. The average Bonchev–Trinajstić information content (AvgIpc) is 2.30. The van der Waals surface area contributed by atoms with Crippen LogP contribution in [-0.2, 0) is 4.74 Å². The molecule has 3 heteroatoms. The van der Waals surface area contributed by atoms with Crippen molar-refractivity contribution < 1.29 is 4.74 Å². The Morgan fingerprint density at radius 2 is 2.00 bits per heavy atom. The first-order valence-corrected chi connectivity index (χ1v) is 6.42. The summed E-state index contributed by atoms with van der Waals surface area (Å²) in [7, 11) is 0. The Bertz CT molecular complexity index is 237. The van der Waals surface area contributed by atoms with E-state index in [0.717, 1.165) is 19.4 Å². The molecule has 0 aliphatic carbocycles. The monoisotopic (exact) mass is 224 g/mol. The van der Waals surface area contributed by atoms with Gasteiger partial charge in [0, 0.05) is 0 Å². The molecule has 92 valence electrons. The van der Waals surface area contributed by atoms with Gasteiger partial charge in [0.15, 0.2) is 0 Å². The van der Waals surface area contributed by atoms with Gasteiger partial charge in [0.25, 0.3) is 0 Å². The number of nitrogens with two attached hydrogens (primary N) is 1. The predicted octanol–water partition coefficient (Wildman–Crippen LogP) is 2.32. The fraction of sp³-hybridized carbons (Fsp3) is 0.923. The van der Waals surface area contributed by atoms with E-state index >= 15 is 0 Å². The number of rotatable bonds is 5. The number of hydrogen-bond acceptors (Lipinski definition) is 3. The summed E-state index contributed by atoms with van der Waals surface area (Å²) in [5.74, 6) is 1.03. The van der Waals surface area contributed by atoms with Crippen LogP contribution in [0.25, 0.3) is 0 Å². The lowest BCUT2D eigenvalue weighted by Crippen LogP contribution is -2.39. The van der Waals surface area contributed by atoms with Gasteiger partial charge in [0.2, 0.25) is 0 Å². The maximum atomic E-state index is 8.97. The van der Waals surface area contributed by atoms with E-state index in [1.807, 2.05) is 0 Å². The van der Waals surface area contributed by atoms with Crippen molar-refractivity contribution in [3.05, 3.63) is 0 Å². The van der Waals surface area contributed by atoms with Crippen LogP contribution in [0.2, 0.25) is 0 Å². The Balaban J connectivity index is 2.31. The molecule has 2 N–H and O–H groups in total. The van der Waals surface area contributed by atoms with Crippen LogP contribution in [-0.4, -0.2) is 19.3 Å². The van der Waals surface area contributed by atoms with Gasteiger partial charge in [-0.05, 0) is 31.2 Å². The molecule has 1 aliphatic rings. The lowest BCUT2D eigenvalue weighted by Gasteiger charge is -2.37. The summed E-state index contributed by atoms with van der Waals surface area (Å²) in [6.45, 7) is 5.78. The molecule has 0 amide bonds. The maximum Gasteiger partial charge on any atom is 0.0726 e. The van der Waals surface area contributed by atoms with E-state index in [2.05, 4.69) is 19.9 Å². The highest BCUT2D eigenvalue weighted by Gasteiger charge is 2.34. The van der Waals surface area contributed by atoms with E-state index in [1.165, 1.54) is 12.8 Å². The van der Waals surface area contributed by atoms with Crippen LogP contribution in [0.5, 0.6) is 0 Å². The summed E-state index contributed by atoms with van der Waals surface area (Å²) in [6, 6.07) is 2.34. The van der Waals surface area contributed by atoms with Crippen molar-refractivity contribution in [2.45, 2.75) is 45.6 Å². The van der Waals surface area contributed by atoms with Crippen LogP contribution >= 0.6 is 0 Å². The van der Waals surface area contributed by atoms with Gasteiger partial charge in [-0.25, -0.2) is 0 Å². The third-order valence-electron chi connectivity index (χ3n) is 3.90. The van der Waals surface area contributed by atoms with Gasteiger partial charge in [-0.2, -0.15) is 5.26 Å². The minimum Gasteiger partial charge on any atom is -0.377 e. The first-order chi connectivity index (χ1) is 7.70. The van der Waals surface area contributed by atoms with E-state index in [4.69, 9.17) is 15.7 Å². The van der Waals surface area contributed by atoms with E-state index < -0.39 is 0 Å². The topological polar surface area (TPSA) is 59.0 Å². The minimum atomic E-state index is 0.0790. The number of hydrogen-bond donors (Lipinski definition) is 1. The van der Waals surface area contributed by atoms with Gasteiger partial charge in [-0.15, -0.1) is 0 Å². The molecule has 0 radical (unpaired) electrons. The van der Waals surface area contributed by atoms with Gasteiger partial charge in [0.1, 0.15) is 0 Å². The molecular weight excluding hydrogens is 200 g/mol. The van der Waals surface area contributed by atoms with Crippen molar-refractivity contribution in [3.63, 3.8) is 0 Å². The van der Waals surface area contributed by atoms with Crippen LogP contribution in [0, 0.1) is 29.1 Å². The van der Waals surface area contributed by atoms with Gasteiger partial charge >= 0.3 is 0 Å². The van der Waals surface area contributed by atoms with Crippen molar-refractivity contribution in [1.29, 1.82) is 5.26 Å². The van der Waals surface area contributed by atoms with E-state index in [1.54, 1.807) is 0 Å². The fourth-order valence-corrected chi connectivity index (χ4v) is 2.40. The summed E-state index contributed by atoms with van der Waals surface area (Å²) < 4.78 is 5.79. The van der Waals surface area contributed by atoms with Crippen LogP contribution < -0.4 is 5.73 Å². The third-order valence-corrected chi connectivity index (χ3v) is 3.90. The zero-order chi connectivity index (χ0) is 12.0. The zero-order valence-electron chi connectivity index (χ0n) is 10.5. The van der Waals surface area contributed by atoms with E-state index in [-0.39, 0.29) is 5.92 Å². The molecule has 1 rings (SSSR count). The molecule has 3 nitrogen and oxygen atoms in total. The highest BCUT2D eigenvalue weighted by Crippen LogP contribution is 2.32. The SMILES string of the molecule is CC1C(C#N)COC(CCCCCN)[C@@H]1C. The van der Waals surface area contributed by atoms with Crippen molar-refractivity contribution in [2.24, 2.45) is 23.5 Å². The van der Waals surface area contributed by atoms with Crippen molar-refractivity contribution >= 4 is 0 Å². The minimum absolute atomic E-state index is 0.0790. The summed E-state index contributed by atoms with van der Waals surface area (Å²) in [5, 5.41) is 8.97. The lowest BCUT2D eigenvalue weighted by molar-refractivity contribution is -0.0708. The third kappa shape index (κ3) is 3.47. The maximum absolute atomic E-state index is 8.97. The molecule has 0 aromatic rings. The van der Waals surface area contributed by atoms with Gasteiger partial charge < -0.3 is 10.5 Å². The summed E-state index contributed by atoms with van der Waals surface area (Å²) in [4.78, 5) is 0. The highest BCUT2D eigenvalue weighted by atomic mass is 16.5. The quantitative estimate of drug-likeness (QED) is 0.729. The summed E-state index contributed by atoms with van der Waals surface area (Å²) >= 11 is 0. The Morgan fingerprint density at radius 3 is 2.62 bits per heavy atom. The smallest absolute Gasteiger partial charge is 0.0726 e. The largest absolute Gasteiger partial charge is 0.377 e. The van der Waals surface area contributed by atoms with Crippen LogP contribution in [0.3, 0.4) is 0 Å². The molecule has 3 unspecified atom stereocenters. The van der Waals surface area contributed by atoms with Crippen LogP contribution in [0.15, 0.2) is 0 Å². The summed E-state index contributed by atoms with van der Waals surface area (Å²) in [6.07, 6.45) is 4.95. The second-order valence-corrected chi connectivity index (χ2v) is 4.96. The number of unbranched alkanes of at least 4 members (excludes halogenated alkanes) is 2. The summed E-state index contributed by atoms with van der Waals surface area (Å²) in [5.41, 5.74) is 5.47. The Labute approximate surface area is 99.0 Å². The molecule has 0 aromatic heterocycles. The molecular formula is C13H24N2O. The fourth-order valence-electron chi connectivity index (χ4n) is 2.40. The number of nitrogens with zero attached hydrogens (tertiary/aromatic N) is 1. The first-order valence-electron chi connectivity index (χ1n) is 6.42. The normalized spacial score (nSPS) is 34.6. The molecule has 1 aliphatic heterocycles. The molecule has 1 fully saturated rings. The Kier molecular flexibility index (Phi) is 5.79. The van der Waals surface area contributed by atoms with Gasteiger partial charge in [-0.1, -0.05) is 26.7 Å². The highest BCUT2D eigenvalue weighted by molar-refractivity contribution is 4.93. The molecule has 0 saturated carbocycles. The average molecular weight is 224 g/mol. The van der Waals surface area contributed by atoms with E-state index in [0.29, 0.717) is 24.5 Å². The molecule has 1 heterocycles. The standard InChI is InChI=1S/C13H24N2O/c1-10-11(2)13(6-4-3-5-7-14)16-9-12(10)8-15/h10-13H,3-7,9,14H2,1-2H3/t10?,11-,12?,13?/m1/s1. The second kappa shape index (κ2) is 6.88. The molecule has 16 heavy (non-hydrogen) atoms. The Hall–Kier alpha value is -0.590. The molecule has 0 aromatic carbocycles. The van der Waals surface area contributed by atoms with Crippen molar-refractivity contribution in [2.75, 3.05) is 13.2 Å².